The van der Waals surface area contributed by atoms with Crippen LogP contribution in [0.5, 0.6) is 0 Å². The van der Waals surface area contributed by atoms with Crippen LogP contribution in [-0.2, 0) is 20.9 Å². The van der Waals surface area contributed by atoms with Crippen molar-refractivity contribution in [2.75, 3.05) is 26.5 Å². The zero-order valence-corrected chi connectivity index (χ0v) is 20.4. The predicted molar refractivity (Wildman–Crippen MR) is 135 cm³/mol. The van der Waals surface area contributed by atoms with Gasteiger partial charge in [-0.25, -0.2) is 9.18 Å². The van der Waals surface area contributed by atoms with Crippen molar-refractivity contribution >= 4 is 34.5 Å². The van der Waals surface area contributed by atoms with Gasteiger partial charge in [0, 0.05) is 43.3 Å². The molecule has 192 valence electrons. The fourth-order valence-corrected chi connectivity index (χ4v) is 3.12. The van der Waals surface area contributed by atoms with E-state index in [1.54, 1.807) is 50.6 Å². The van der Waals surface area contributed by atoms with Crippen LogP contribution in [0.25, 0.3) is 10.9 Å². The summed E-state index contributed by atoms with van der Waals surface area (Å²) in [5.74, 6) is -0.683. The number of methoxy groups -OCH3 is 1. The largest absolute Gasteiger partial charge is 0.453 e. The SMILES string of the molecule is CN(C)C(=O)/C=C/CCCC(=O)Nc1cccn(Cc2cc3cc(F)ccc3[nH]2)c1=O.COC(N)=O. The van der Waals surface area contributed by atoms with E-state index in [9.17, 15) is 23.6 Å². The number of ether oxygens (including phenoxy) is 1. The summed E-state index contributed by atoms with van der Waals surface area (Å²) >= 11 is 0. The van der Waals surface area contributed by atoms with Crippen molar-refractivity contribution in [3.8, 4) is 0 Å². The Bertz CT molecular complexity index is 1300. The number of likely N-dealkylation sites (N-methyl/N-ethyl adjacent to an activating group) is 1. The molecule has 0 radical (unpaired) electrons. The standard InChI is InChI=1S/C23H25FN4O3.C2H5NO2/c1-27(2)22(30)9-5-3-4-8-21(29)26-20-7-6-12-28(23(20)31)15-18-14-16-13-17(24)10-11-19(16)25-18;1-5-2(3)4/h5-7,9-14,25H,3-4,8,15H2,1-2H3,(H,26,29);1H3,(H2,3,4)/b9-5+;. The van der Waals surface area contributed by atoms with Gasteiger partial charge in [0.1, 0.15) is 11.5 Å². The molecule has 0 aliphatic heterocycles. The fraction of sp³-hybridized carbons (Fsp3) is 0.280. The number of unbranched alkanes of at least 4 members (excludes halogenated alkanes) is 1. The number of hydrogen-bond acceptors (Lipinski definition) is 5. The van der Waals surface area contributed by atoms with Crippen LogP contribution in [-0.4, -0.2) is 53.6 Å². The van der Waals surface area contributed by atoms with Crippen LogP contribution in [0.3, 0.4) is 0 Å². The maximum atomic E-state index is 13.4. The Morgan fingerprint density at radius 3 is 2.61 bits per heavy atom. The smallest absolute Gasteiger partial charge is 0.404 e. The molecule has 3 rings (SSSR count). The van der Waals surface area contributed by atoms with Crippen molar-refractivity contribution in [2.24, 2.45) is 5.73 Å². The van der Waals surface area contributed by atoms with Gasteiger partial charge in [-0.15, -0.1) is 0 Å². The second-order valence-electron chi connectivity index (χ2n) is 7.98. The first-order valence-electron chi connectivity index (χ1n) is 11.1. The Hall–Kier alpha value is -4.41. The Morgan fingerprint density at radius 2 is 1.94 bits per heavy atom. The third kappa shape index (κ3) is 8.75. The second-order valence-corrected chi connectivity index (χ2v) is 7.98. The molecule has 0 saturated heterocycles. The van der Waals surface area contributed by atoms with Crippen LogP contribution in [0.1, 0.15) is 25.0 Å². The van der Waals surface area contributed by atoms with Crippen molar-refractivity contribution in [2.45, 2.75) is 25.8 Å². The number of fused-ring (bicyclic) bond motifs is 1. The number of hydrogen-bond donors (Lipinski definition) is 3. The van der Waals surface area contributed by atoms with Gasteiger partial charge in [0.05, 0.1) is 13.7 Å². The molecule has 3 aromatic rings. The summed E-state index contributed by atoms with van der Waals surface area (Å²) in [6.45, 7) is 0.267. The van der Waals surface area contributed by atoms with Gasteiger partial charge in [0.15, 0.2) is 0 Å². The lowest BCUT2D eigenvalue weighted by atomic mass is 10.2. The third-order valence-electron chi connectivity index (χ3n) is 4.95. The summed E-state index contributed by atoms with van der Waals surface area (Å²) in [5.41, 5.74) is 5.85. The van der Waals surface area contributed by atoms with E-state index in [0.29, 0.717) is 12.8 Å². The predicted octanol–water partition coefficient (Wildman–Crippen LogP) is 2.98. The fourth-order valence-electron chi connectivity index (χ4n) is 3.12. The number of carbonyl (C=O) groups excluding carboxylic acids is 3. The Morgan fingerprint density at radius 1 is 1.22 bits per heavy atom. The summed E-state index contributed by atoms with van der Waals surface area (Å²) < 4.78 is 18.7. The van der Waals surface area contributed by atoms with Gasteiger partial charge < -0.3 is 30.2 Å². The molecule has 4 N–H and O–H groups in total. The maximum absolute atomic E-state index is 13.4. The van der Waals surface area contributed by atoms with Crippen LogP contribution in [0.15, 0.2) is 59.5 Å². The van der Waals surface area contributed by atoms with Crippen LogP contribution in [0, 0.1) is 5.82 Å². The zero-order chi connectivity index (χ0) is 26.7. The van der Waals surface area contributed by atoms with Gasteiger partial charge in [0.25, 0.3) is 5.56 Å². The lowest BCUT2D eigenvalue weighted by Gasteiger charge is -2.08. The number of benzene rings is 1. The highest BCUT2D eigenvalue weighted by Crippen LogP contribution is 2.17. The van der Waals surface area contributed by atoms with Gasteiger partial charge in [-0.3, -0.25) is 14.4 Å². The van der Waals surface area contributed by atoms with Crippen LogP contribution >= 0.6 is 0 Å². The summed E-state index contributed by atoms with van der Waals surface area (Å²) in [6.07, 6.45) is 5.50. The number of anilines is 1. The number of pyridine rings is 1. The Kier molecular flexibility index (Phi) is 10.4. The normalized spacial score (nSPS) is 10.6. The van der Waals surface area contributed by atoms with E-state index in [1.165, 1.54) is 34.8 Å². The summed E-state index contributed by atoms with van der Waals surface area (Å²) in [4.78, 5) is 50.4. The van der Waals surface area contributed by atoms with Gasteiger partial charge >= 0.3 is 6.09 Å². The number of carbonyl (C=O) groups is 3. The lowest BCUT2D eigenvalue weighted by Crippen LogP contribution is -2.25. The van der Waals surface area contributed by atoms with E-state index >= 15 is 0 Å². The lowest BCUT2D eigenvalue weighted by molar-refractivity contribution is -0.123. The number of halogens is 1. The Balaban J connectivity index is 0.000000830. The summed E-state index contributed by atoms with van der Waals surface area (Å²) in [6, 6.07) is 9.51. The molecule has 3 amide bonds. The molecule has 0 atom stereocenters. The number of aromatic amines is 1. The topological polar surface area (TPSA) is 140 Å². The monoisotopic (exact) mass is 499 g/mol. The summed E-state index contributed by atoms with van der Waals surface area (Å²) in [7, 11) is 4.57. The molecular formula is C25H30FN5O5. The molecule has 0 saturated carbocycles. The van der Waals surface area contributed by atoms with Gasteiger partial charge in [0.2, 0.25) is 11.8 Å². The molecule has 0 aliphatic carbocycles. The quantitative estimate of drug-likeness (QED) is 0.323. The second kappa shape index (κ2) is 13.5. The maximum Gasteiger partial charge on any atom is 0.404 e. The summed E-state index contributed by atoms with van der Waals surface area (Å²) in [5, 5.41) is 3.39. The van der Waals surface area contributed by atoms with E-state index in [1.807, 2.05) is 0 Å². The molecule has 0 bridgehead atoms. The van der Waals surface area contributed by atoms with Gasteiger partial charge in [-0.1, -0.05) is 6.08 Å². The highest BCUT2D eigenvalue weighted by molar-refractivity contribution is 5.90. The molecular weight excluding hydrogens is 469 g/mol. The van der Waals surface area contributed by atoms with Crippen LogP contribution in [0.2, 0.25) is 0 Å². The van der Waals surface area contributed by atoms with Crippen molar-refractivity contribution in [1.29, 1.82) is 0 Å². The van der Waals surface area contributed by atoms with Crippen molar-refractivity contribution in [3.05, 3.63) is 76.6 Å². The van der Waals surface area contributed by atoms with E-state index in [-0.39, 0.29) is 41.8 Å². The molecule has 11 heteroatoms. The first-order chi connectivity index (χ1) is 17.1. The molecule has 0 unspecified atom stereocenters. The van der Waals surface area contributed by atoms with Crippen molar-refractivity contribution < 1.29 is 23.5 Å². The molecule has 0 fully saturated rings. The molecule has 1 aromatic carbocycles. The van der Waals surface area contributed by atoms with Crippen LogP contribution < -0.4 is 16.6 Å². The average molecular weight is 500 g/mol. The van der Waals surface area contributed by atoms with Gasteiger partial charge in [-0.2, -0.15) is 0 Å². The number of rotatable bonds is 8. The first kappa shape index (κ1) is 27.8. The molecule has 36 heavy (non-hydrogen) atoms. The van der Waals surface area contributed by atoms with Crippen LogP contribution in [0.4, 0.5) is 14.9 Å². The molecule has 2 heterocycles. The number of nitrogens with two attached hydrogens (primary N) is 1. The number of primary amides is 1. The highest BCUT2D eigenvalue weighted by atomic mass is 19.1. The Labute approximate surface area is 207 Å². The zero-order valence-electron chi connectivity index (χ0n) is 20.4. The molecule has 2 aromatic heterocycles. The van der Waals surface area contributed by atoms with E-state index in [4.69, 9.17) is 0 Å². The highest BCUT2D eigenvalue weighted by Gasteiger charge is 2.09. The number of nitrogens with one attached hydrogen (secondary N) is 2. The minimum Gasteiger partial charge on any atom is -0.453 e. The van der Waals surface area contributed by atoms with Crippen molar-refractivity contribution in [1.82, 2.24) is 14.5 Å². The third-order valence-corrected chi connectivity index (χ3v) is 4.95. The molecule has 0 spiro atoms. The van der Waals surface area contributed by atoms with E-state index in [0.717, 1.165) is 16.6 Å². The van der Waals surface area contributed by atoms with Gasteiger partial charge in [-0.05, 0) is 55.3 Å². The minimum absolute atomic E-state index is 0.102. The first-order valence-corrected chi connectivity index (χ1v) is 11.1. The number of amides is 3. The molecule has 0 aliphatic rings. The number of nitrogens with zero attached hydrogens (tertiary/aromatic N) is 2. The van der Waals surface area contributed by atoms with E-state index in [2.05, 4.69) is 20.8 Å². The number of H-pyrrole nitrogens is 1. The minimum atomic E-state index is -0.745. The number of allylic oxidation sites excluding steroid dienone is 1. The molecule has 10 nitrogen and oxygen atoms in total. The number of aromatic nitrogens is 2. The average Bonchev–Trinajstić information content (AvgIpc) is 3.23. The van der Waals surface area contributed by atoms with Crippen molar-refractivity contribution in [3.63, 3.8) is 0 Å². The van der Waals surface area contributed by atoms with E-state index < -0.39 is 6.09 Å².